The number of phenols is 1. The summed E-state index contributed by atoms with van der Waals surface area (Å²) >= 11 is 5.36. The minimum absolute atomic E-state index is 0.106. The van der Waals surface area contributed by atoms with Gasteiger partial charge in [0.15, 0.2) is 0 Å². The van der Waals surface area contributed by atoms with Crippen molar-refractivity contribution in [3.63, 3.8) is 0 Å². The number of nitrogens with zero attached hydrogens (tertiary/aromatic N) is 1. The average Bonchev–Trinajstić information content (AvgIpc) is 2.58. The molecule has 0 unspecified atom stereocenters. The van der Waals surface area contributed by atoms with Gasteiger partial charge < -0.3 is 9.84 Å². The van der Waals surface area contributed by atoms with E-state index < -0.39 is 0 Å². The first-order valence-electron chi connectivity index (χ1n) is 7.30. The fourth-order valence-corrected chi connectivity index (χ4v) is 2.83. The maximum atomic E-state index is 12.5. The largest absolute Gasteiger partial charge is 0.508 e. The Balaban J connectivity index is 2.04. The van der Waals surface area contributed by atoms with E-state index in [2.05, 4.69) is 5.43 Å². The summed E-state index contributed by atoms with van der Waals surface area (Å²) in [7, 11) is 1.57. The van der Waals surface area contributed by atoms with Crippen molar-refractivity contribution in [1.82, 2.24) is 4.68 Å². The van der Waals surface area contributed by atoms with Crippen LogP contribution in [0, 0.1) is 11.6 Å². The molecule has 0 aliphatic rings. The second-order valence-electron chi connectivity index (χ2n) is 5.37. The number of methoxy groups -OCH3 is 1. The van der Waals surface area contributed by atoms with Gasteiger partial charge in [-0.15, -0.1) is 0 Å². The van der Waals surface area contributed by atoms with E-state index in [4.69, 9.17) is 17.0 Å². The molecule has 0 saturated heterocycles. The summed E-state index contributed by atoms with van der Waals surface area (Å²) in [4.78, 5) is 12.5. The molecule has 0 atom stereocenters. The van der Waals surface area contributed by atoms with Crippen molar-refractivity contribution in [1.29, 1.82) is 0 Å². The molecule has 3 rings (SSSR count). The molecular formula is C18H16N2O3S. The molecule has 3 aromatic rings. The van der Waals surface area contributed by atoms with Crippen molar-refractivity contribution in [3.8, 4) is 11.5 Å². The molecule has 24 heavy (non-hydrogen) atoms. The standard InChI is InChI=1S/C18H16N2O3S/c1-11-9-17(24)20(16-10-13(21)5-8-15(11)16)19-18(22)12-3-6-14(23-2)7-4-12/h3-10,21H,1-2H3,(H,19,22). The van der Waals surface area contributed by atoms with E-state index in [1.54, 1.807) is 49.6 Å². The Labute approximate surface area is 144 Å². The topological polar surface area (TPSA) is 63.5 Å². The molecule has 1 amide bonds. The van der Waals surface area contributed by atoms with E-state index in [1.165, 1.54) is 4.68 Å². The van der Waals surface area contributed by atoms with Crippen LogP contribution in [-0.2, 0) is 0 Å². The molecule has 5 nitrogen and oxygen atoms in total. The quantitative estimate of drug-likeness (QED) is 0.712. The van der Waals surface area contributed by atoms with Gasteiger partial charge in [0.25, 0.3) is 5.91 Å². The Kier molecular flexibility index (Phi) is 4.22. The summed E-state index contributed by atoms with van der Waals surface area (Å²) in [6.07, 6.45) is 0. The number of aromatic hydroxyl groups is 1. The van der Waals surface area contributed by atoms with Crippen LogP contribution in [0.25, 0.3) is 10.9 Å². The van der Waals surface area contributed by atoms with Gasteiger partial charge in [-0.2, -0.15) is 0 Å². The molecule has 0 fully saturated rings. The van der Waals surface area contributed by atoms with Crippen LogP contribution in [0.1, 0.15) is 15.9 Å². The second kappa shape index (κ2) is 6.33. The highest BCUT2D eigenvalue weighted by Crippen LogP contribution is 2.23. The van der Waals surface area contributed by atoms with Crippen molar-refractivity contribution in [3.05, 3.63) is 64.3 Å². The Morgan fingerprint density at radius 3 is 2.54 bits per heavy atom. The lowest BCUT2D eigenvalue weighted by atomic mass is 10.1. The van der Waals surface area contributed by atoms with Gasteiger partial charge in [-0.1, -0.05) is 12.2 Å². The number of hydrogen-bond acceptors (Lipinski definition) is 4. The first kappa shape index (κ1) is 16.0. The molecule has 1 heterocycles. The number of rotatable bonds is 3. The van der Waals surface area contributed by atoms with Crippen LogP contribution in [0.2, 0.25) is 0 Å². The van der Waals surface area contributed by atoms with Crippen LogP contribution in [0.15, 0.2) is 48.5 Å². The first-order chi connectivity index (χ1) is 11.5. The fraction of sp³-hybridized carbons (Fsp3) is 0.111. The Morgan fingerprint density at radius 1 is 1.17 bits per heavy atom. The van der Waals surface area contributed by atoms with E-state index in [1.807, 2.05) is 13.0 Å². The van der Waals surface area contributed by atoms with E-state index in [0.29, 0.717) is 21.5 Å². The molecular weight excluding hydrogens is 324 g/mol. The normalized spacial score (nSPS) is 10.6. The number of carbonyl (C=O) groups excluding carboxylic acids is 1. The van der Waals surface area contributed by atoms with E-state index >= 15 is 0 Å². The third kappa shape index (κ3) is 2.96. The van der Waals surface area contributed by atoms with Gasteiger partial charge in [-0.25, -0.2) is 4.68 Å². The smallest absolute Gasteiger partial charge is 0.270 e. The number of hydrogen-bond donors (Lipinski definition) is 2. The monoisotopic (exact) mass is 340 g/mol. The Morgan fingerprint density at radius 2 is 1.88 bits per heavy atom. The lowest BCUT2D eigenvalue weighted by Crippen LogP contribution is -2.24. The van der Waals surface area contributed by atoms with Crippen molar-refractivity contribution in [2.45, 2.75) is 6.92 Å². The van der Waals surface area contributed by atoms with Crippen molar-refractivity contribution < 1.29 is 14.6 Å². The van der Waals surface area contributed by atoms with Gasteiger partial charge in [0, 0.05) is 17.0 Å². The molecule has 6 heteroatoms. The van der Waals surface area contributed by atoms with E-state index in [9.17, 15) is 9.90 Å². The zero-order chi connectivity index (χ0) is 17.3. The summed E-state index contributed by atoms with van der Waals surface area (Å²) in [6, 6.07) is 13.6. The summed E-state index contributed by atoms with van der Waals surface area (Å²) in [5, 5.41) is 10.7. The third-order valence-corrected chi connectivity index (χ3v) is 4.07. The van der Waals surface area contributed by atoms with Crippen molar-refractivity contribution >= 4 is 29.0 Å². The predicted molar refractivity (Wildman–Crippen MR) is 95.9 cm³/mol. The minimum atomic E-state index is -0.303. The fourth-order valence-electron chi connectivity index (χ4n) is 2.51. The molecule has 122 valence electrons. The number of aromatic nitrogens is 1. The first-order valence-corrected chi connectivity index (χ1v) is 7.71. The van der Waals surface area contributed by atoms with Crippen LogP contribution in [0.5, 0.6) is 11.5 Å². The highest BCUT2D eigenvalue weighted by molar-refractivity contribution is 7.71. The zero-order valence-corrected chi connectivity index (χ0v) is 14.1. The molecule has 0 spiro atoms. The van der Waals surface area contributed by atoms with Gasteiger partial charge in [0.2, 0.25) is 0 Å². The number of pyridine rings is 1. The van der Waals surface area contributed by atoms with Crippen LogP contribution in [-0.4, -0.2) is 22.8 Å². The van der Waals surface area contributed by atoms with Crippen LogP contribution in [0.3, 0.4) is 0 Å². The number of nitrogens with one attached hydrogen (secondary N) is 1. The molecule has 0 radical (unpaired) electrons. The SMILES string of the molecule is COc1ccc(C(=O)Nn2c(=S)cc(C)c3ccc(O)cc32)cc1. The lowest BCUT2D eigenvalue weighted by Gasteiger charge is -2.15. The number of amides is 1. The number of benzene rings is 2. The molecule has 1 aromatic heterocycles. The number of carbonyl (C=O) groups is 1. The highest BCUT2D eigenvalue weighted by atomic mass is 32.1. The maximum absolute atomic E-state index is 12.5. The predicted octanol–water partition coefficient (Wildman–Crippen LogP) is 3.78. The number of fused-ring (bicyclic) bond motifs is 1. The number of ether oxygens (including phenoxy) is 1. The third-order valence-electron chi connectivity index (χ3n) is 3.77. The average molecular weight is 340 g/mol. The highest BCUT2D eigenvalue weighted by Gasteiger charge is 2.10. The summed E-state index contributed by atoms with van der Waals surface area (Å²) in [5.74, 6) is 0.478. The van der Waals surface area contributed by atoms with Crippen LogP contribution < -0.4 is 10.2 Å². The second-order valence-corrected chi connectivity index (χ2v) is 5.79. The van der Waals surface area contributed by atoms with E-state index in [-0.39, 0.29) is 11.7 Å². The van der Waals surface area contributed by atoms with Crippen LogP contribution >= 0.6 is 12.2 Å². The molecule has 0 aliphatic carbocycles. The molecule has 2 N–H and O–H groups in total. The Hall–Kier alpha value is -2.86. The summed E-state index contributed by atoms with van der Waals surface area (Å²) < 4.78 is 7.04. The van der Waals surface area contributed by atoms with Gasteiger partial charge in [-0.3, -0.25) is 10.2 Å². The van der Waals surface area contributed by atoms with Crippen molar-refractivity contribution in [2.75, 3.05) is 12.5 Å². The minimum Gasteiger partial charge on any atom is -0.508 e. The van der Waals surface area contributed by atoms with Gasteiger partial charge in [0.1, 0.15) is 16.1 Å². The maximum Gasteiger partial charge on any atom is 0.270 e. The van der Waals surface area contributed by atoms with Crippen LogP contribution in [0.4, 0.5) is 0 Å². The van der Waals surface area contributed by atoms with Crippen molar-refractivity contribution in [2.24, 2.45) is 0 Å². The molecule has 0 saturated carbocycles. The molecule has 0 aliphatic heterocycles. The van der Waals surface area contributed by atoms with Gasteiger partial charge >= 0.3 is 0 Å². The van der Waals surface area contributed by atoms with E-state index in [0.717, 1.165) is 10.9 Å². The van der Waals surface area contributed by atoms with Gasteiger partial charge in [0.05, 0.1) is 12.6 Å². The Bertz CT molecular complexity index is 978. The number of phenolic OH excluding ortho intramolecular Hbond substituents is 1. The van der Waals surface area contributed by atoms with Gasteiger partial charge in [-0.05, 0) is 55.0 Å². The summed E-state index contributed by atoms with van der Waals surface area (Å²) in [6.45, 7) is 1.94. The lowest BCUT2D eigenvalue weighted by molar-refractivity contribution is 0.101. The summed E-state index contributed by atoms with van der Waals surface area (Å²) in [5.41, 5.74) is 4.88. The number of aryl methyl sites for hydroxylation is 1. The molecule has 2 aromatic carbocycles. The zero-order valence-electron chi connectivity index (χ0n) is 13.2. The molecule has 0 bridgehead atoms.